The molecule has 26 heavy (non-hydrogen) atoms. The molecule has 3 rings (SSSR count). The summed E-state index contributed by atoms with van der Waals surface area (Å²) in [6, 6.07) is 17.1. The fourth-order valence-electron chi connectivity index (χ4n) is 2.67. The van der Waals surface area contributed by atoms with E-state index in [0.29, 0.717) is 6.54 Å². The second-order valence-corrected chi connectivity index (χ2v) is 6.66. The molecule has 1 aliphatic carbocycles. The van der Waals surface area contributed by atoms with Crippen LogP contribution in [0.1, 0.15) is 42.4 Å². The van der Waals surface area contributed by atoms with Gasteiger partial charge in [-0.05, 0) is 42.4 Å². The van der Waals surface area contributed by atoms with Crippen LogP contribution in [0, 0.1) is 0 Å². The van der Waals surface area contributed by atoms with Crippen molar-refractivity contribution in [1.29, 1.82) is 0 Å². The van der Waals surface area contributed by atoms with E-state index in [9.17, 15) is 9.59 Å². The van der Waals surface area contributed by atoms with Crippen LogP contribution in [-0.4, -0.2) is 18.0 Å². The zero-order valence-corrected chi connectivity index (χ0v) is 14.9. The van der Waals surface area contributed by atoms with Gasteiger partial charge in [-0.1, -0.05) is 54.6 Å². The van der Waals surface area contributed by atoms with Crippen molar-refractivity contribution in [3.8, 4) is 0 Å². The number of ether oxygens (including phenoxy) is 1. The lowest BCUT2D eigenvalue weighted by atomic mass is 10.1. The van der Waals surface area contributed by atoms with Crippen LogP contribution in [0.4, 0.5) is 4.79 Å². The maximum atomic E-state index is 12.1. The van der Waals surface area contributed by atoms with E-state index in [1.54, 1.807) is 6.92 Å². The monoisotopic (exact) mass is 352 g/mol. The van der Waals surface area contributed by atoms with E-state index in [0.717, 1.165) is 17.0 Å². The highest BCUT2D eigenvalue weighted by Crippen LogP contribution is 2.39. The van der Waals surface area contributed by atoms with Crippen molar-refractivity contribution in [2.75, 3.05) is 0 Å². The molecule has 5 nitrogen and oxygen atoms in total. The minimum atomic E-state index is -0.663. The van der Waals surface area contributed by atoms with Crippen molar-refractivity contribution in [3.63, 3.8) is 0 Å². The standard InChI is InChI=1S/C21H24N2O3/c1-15(23-21(25)26-14-17-5-3-2-4-6-17)20(24)22-13-16-7-9-18(10-8-16)19-11-12-19/h2-10,15,19H,11-14H2,1H3,(H,22,24)(H,23,25)/t15-/m0/s1. The Balaban J connectivity index is 1.38. The summed E-state index contributed by atoms with van der Waals surface area (Å²) in [7, 11) is 0. The zero-order chi connectivity index (χ0) is 18.4. The maximum Gasteiger partial charge on any atom is 0.408 e. The number of hydrogen-bond donors (Lipinski definition) is 2. The van der Waals surface area contributed by atoms with E-state index in [-0.39, 0.29) is 12.5 Å². The van der Waals surface area contributed by atoms with Crippen molar-refractivity contribution in [1.82, 2.24) is 10.6 Å². The molecule has 1 saturated carbocycles. The lowest BCUT2D eigenvalue weighted by molar-refractivity contribution is -0.122. The minimum absolute atomic E-state index is 0.175. The summed E-state index contributed by atoms with van der Waals surface area (Å²) in [5, 5.41) is 5.38. The van der Waals surface area contributed by atoms with Gasteiger partial charge in [0.25, 0.3) is 0 Å². The summed E-state index contributed by atoms with van der Waals surface area (Å²) >= 11 is 0. The number of nitrogens with one attached hydrogen (secondary N) is 2. The molecule has 2 aromatic carbocycles. The second-order valence-electron chi connectivity index (χ2n) is 6.66. The molecule has 5 heteroatoms. The number of alkyl carbamates (subject to hydrolysis) is 1. The van der Waals surface area contributed by atoms with Crippen LogP contribution < -0.4 is 10.6 Å². The Kier molecular flexibility index (Phi) is 5.89. The first-order valence-electron chi connectivity index (χ1n) is 8.95. The number of carbonyl (C=O) groups is 2. The lowest BCUT2D eigenvalue weighted by Gasteiger charge is -2.14. The van der Waals surface area contributed by atoms with Gasteiger partial charge < -0.3 is 15.4 Å². The highest BCUT2D eigenvalue weighted by molar-refractivity contribution is 5.85. The summed E-state index contributed by atoms with van der Waals surface area (Å²) in [4.78, 5) is 23.9. The molecule has 0 spiro atoms. The SMILES string of the molecule is C[C@H](NC(=O)OCc1ccccc1)C(=O)NCc1ccc(C2CC2)cc1. The van der Waals surface area contributed by atoms with E-state index in [4.69, 9.17) is 4.74 Å². The Morgan fingerprint density at radius 2 is 1.73 bits per heavy atom. The molecular weight excluding hydrogens is 328 g/mol. The molecule has 0 aromatic heterocycles. The summed E-state index contributed by atoms with van der Waals surface area (Å²) < 4.78 is 5.12. The van der Waals surface area contributed by atoms with Crippen molar-refractivity contribution in [2.24, 2.45) is 0 Å². The Labute approximate surface area is 153 Å². The van der Waals surface area contributed by atoms with Gasteiger partial charge in [-0.15, -0.1) is 0 Å². The summed E-state index contributed by atoms with van der Waals surface area (Å²) in [5.74, 6) is 0.484. The van der Waals surface area contributed by atoms with E-state index >= 15 is 0 Å². The molecule has 2 amide bonds. The fraction of sp³-hybridized carbons (Fsp3) is 0.333. The van der Waals surface area contributed by atoms with Gasteiger partial charge in [-0.2, -0.15) is 0 Å². The first-order valence-corrected chi connectivity index (χ1v) is 8.95. The van der Waals surface area contributed by atoms with E-state index in [2.05, 4.69) is 22.8 Å². The van der Waals surface area contributed by atoms with E-state index < -0.39 is 12.1 Å². The van der Waals surface area contributed by atoms with Gasteiger partial charge in [0.2, 0.25) is 5.91 Å². The third-order valence-corrected chi connectivity index (χ3v) is 4.44. The molecule has 1 fully saturated rings. The zero-order valence-electron chi connectivity index (χ0n) is 14.9. The summed E-state index contributed by atoms with van der Waals surface area (Å²) in [6.07, 6.45) is 1.95. The number of benzene rings is 2. The largest absolute Gasteiger partial charge is 0.445 e. The number of carbonyl (C=O) groups excluding carboxylic acids is 2. The minimum Gasteiger partial charge on any atom is -0.445 e. The van der Waals surface area contributed by atoms with Crippen molar-refractivity contribution in [2.45, 2.75) is 44.9 Å². The quantitative estimate of drug-likeness (QED) is 0.801. The highest BCUT2D eigenvalue weighted by Gasteiger charge is 2.23. The van der Waals surface area contributed by atoms with Crippen LogP contribution in [0.15, 0.2) is 54.6 Å². The molecular formula is C21H24N2O3. The number of hydrogen-bond acceptors (Lipinski definition) is 3. The number of rotatable bonds is 7. The van der Waals surface area contributed by atoms with Gasteiger partial charge >= 0.3 is 6.09 Å². The predicted molar refractivity (Wildman–Crippen MR) is 99.5 cm³/mol. The Morgan fingerprint density at radius 3 is 2.38 bits per heavy atom. The first-order chi connectivity index (χ1) is 12.6. The highest BCUT2D eigenvalue weighted by atomic mass is 16.5. The van der Waals surface area contributed by atoms with E-state index in [1.165, 1.54) is 18.4 Å². The molecule has 0 saturated heterocycles. The van der Waals surface area contributed by atoms with Gasteiger partial charge in [-0.25, -0.2) is 4.79 Å². The molecule has 0 aliphatic heterocycles. The van der Waals surface area contributed by atoms with Gasteiger partial charge in [0, 0.05) is 6.54 Å². The van der Waals surface area contributed by atoms with Crippen LogP contribution in [0.2, 0.25) is 0 Å². The average Bonchev–Trinajstić information content (AvgIpc) is 3.51. The van der Waals surface area contributed by atoms with E-state index in [1.807, 2.05) is 42.5 Å². The van der Waals surface area contributed by atoms with Gasteiger partial charge in [0.05, 0.1) is 0 Å². The first kappa shape index (κ1) is 18.0. The Hall–Kier alpha value is -2.82. The van der Waals surface area contributed by atoms with Gasteiger partial charge in [0.1, 0.15) is 12.6 Å². The molecule has 0 heterocycles. The second kappa shape index (κ2) is 8.52. The molecule has 0 radical (unpaired) electrons. The fourth-order valence-corrected chi connectivity index (χ4v) is 2.67. The van der Waals surface area contributed by atoms with Gasteiger partial charge in [0.15, 0.2) is 0 Å². The van der Waals surface area contributed by atoms with Crippen molar-refractivity contribution < 1.29 is 14.3 Å². The van der Waals surface area contributed by atoms with Crippen LogP contribution in [0.25, 0.3) is 0 Å². The third kappa shape index (κ3) is 5.34. The molecule has 0 bridgehead atoms. The maximum absolute atomic E-state index is 12.1. The summed E-state index contributed by atoms with van der Waals surface area (Å²) in [5.41, 5.74) is 3.31. The topological polar surface area (TPSA) is 67.4 Å². The molecule has 0 unspecified atom stereocenters. The van der Waals surface area contributed by atoms with Crippen molar-refractivity contribution in [3.05, 3.63) is 71.3 Å². The predicted octanol–water partition coefficient (Wildman–Crippen LogP) is 3.50. The molecule has 1 atom stereocenters. The third-order valence-electron chi connectivity index (χ3n) is 4.44. The normalized spacial score (nSPS) is 14.3. The molecule has 2 aromatic rings. The Morgan fingerprint density at radius 1 is 1.04 bits per heavy atom. The molecule has 2 N–H and O–H groups in total. The van der Waals surface area contributed by atoms with Gasteiger partial charge in [-0.3, -0.25) is 4.79 Å². The average molecular weight is 352 g/mol. The molecule has 136 valence electrons. The van der Waals surface area contributed by atoms with Crippen LogP contribution in [0.5, 0.6) is 0 Å². The molecule has 1 aliphatic rings. The van der Waals surface area contributed by atoms with Crippen molar-refractivity contribution >= 4 is 12.0 Å². The Bertz CT molecular complexity index is 740. The van der Waals surface area contributed by atoms with Crippen LogP contribution in [-0.2, 0) is 22.7 Å². The number of amides is 2. The summed E-state index contributed by atoms with van der Waals surface area (Å²) in [6.45, 7) is 2.25. The smallest absolute Gasteiger partial charge is 0.408 e. The van der Waals surface area contributed by atoms with Crippen LogP contribution >= 0.6 is 0 Å². The van der Waals surface area contributed by atoms with Crippen LogP contribution in [0.3, 0.4) is 0 Å². The lowest BCUT2D eigenvalue weighted by Crippen LogP contribution is -2.44.